The number of carbonyl (C=O) groups is 2. The van der Waals surface area contributed by atoms with Gasteiger partial charge in [-0.25, -0.2) is 9.59 Å². The van der Waals surface area contributed by atoms with Crippen molar-refractivity contribution in [3.63, 3.8) is 0 Å². The van der Waals surface area contributed by atoms with Crippen molar-refractivity contribution in [1.82, 2.24) is 14.3 Å². The number of hydrogen-bond donors (Lipinski definition) is 3. The lowest BCUT2D eigenvalue weighted by Gasteiger charge is -2.14. The molecule has 8 aromatic rings. The molecule has 3 aromatic heterocycles. The molecule has 1 aliphatic carbocycles. The average Bonchev–Trinajstić information content (AvgIpc) is 3.77. The number of fused-ring (bicyclic) bond motifs is 2. The number of aromatic hydroxyl groups is 1. The second-order valence-corrected chi connectivity index (χ2v) is 15.3. The van der Waals surface area contributed by atoms with Crippen molar-refractivity contribution in [2.24, 2.45) is 14.1 Å². The molecule has 5 aromatic carbocycles. The summed E-state index contributed by atoms with van der Waals surface area (Å²) in [5.74, 6) is -0.664. The Labute approximate surface area is 352 Å². The summed E-state index contributed by atoms with van der Waals surface area (Å²) in [6.45, 7) is 3.94. The highest BCUT2D eigenvalue weighted by molar-refractivity contribution is 6.05. The quantitative estimate of drug-likeness (QED) is 0.122. The highest BCUT2D eigenvalue weighted by Crippen LogP contribution is 2.46. The predicted molar refractivity (Wildman–Crippen MR) is 227 cm³/mol. The first kappa shape index (κ1) is 41.3. The van der Waals surface area contributed by atoms with Gasteiger partial charge < -0.3 is 38.5 Å². The monoisotopic (exact) mass is 843 g/mol. The molecule has 3 N–H and O–H groups in total. The van der Waals surface area contributed by atoms with Gasteiger partial charge in [-0.1, -0.05) is 53.7 Å². The number of nitrogens with zero attached hydrogens (tertiary/aromatic N) is 3. The Kier molecular flexibility index (Phi) is 10.8. The van der Waals surface area contributed by atoms with Gasteiger partial charge in [-0.2, -0.15) is 0 Å². The number of aromatic carboxylic acids is 2. The number of halogens is 3. The molecule has 1 saturated carbocycles. The molecule has 0 radical (unpaired) electrons. The highest BCUT2D eigenvalue weighted by atomic mass is 19.4. The summed E-state index contributed by atoms with van der Waals surface area (Å²) < 4.78 is 58.8. The van der Waals surface area contributed by atoms with E-state index >= 15 is 0 Å². The predicted octanol–water partition coefficient (Wildman–Crippen LogP) is 11.4. The molecule has 0 unspecified atom stereocenters. The van der Waals surface area contributed by atoms with E-state index in [1.165, 1.54) is 18.2 Å². The van der Waals surface area contributed by atoms with Crippen molar-refractivity contribution in [3.05, 3.63) is 143 Å². The number of benzene rings is 5. The number of para-hydroxylation sites is 1. The van der Waals surface area contributed by atoms with Crippen LogP contribution in [0, 0.1) is 13.8 Å². The molecule has 0 saturated heterocycles. The van der Waals surface area contributed by atoms with E-state index in [4.69, 9.17) is 9.26 Å². The second-order valence-electron chi connectivity index (χ2n) is 15.3. The van der Waals surface area contributed by atoms with Gasteiger partial charge >= 0.3 is 18.3 Å². The van der Waals surface area contributed by atoms with Crippen LogP contribution >= 0.6 is 0 Å². The van der Waals surface area contributed by atoms with Gasteiger partial charge in [0.1, 0.15) is 35.3 Å². The first-order valence-corrected chi connectivity index (χ1v) is 19.6. The first-order chi connectivity index (χ1) is 29.6. The summed E-state index contributed by atoms with van der Waals surface area (Å²) in [7, 11) is 3.65. The topological polar surface area (TPSA) is 149 Å². The third-order valence-corrected chi connectivity index (χ3v) is 11.0. The molecule has 316 valence electrons. The van der Waals surface area contributed by atoms with Gasteiger partial charge in [-0.15, -0.1) is 13.2 Å². The Hall–Kier alpha value is -7.48. The molecule has 0 atom stereocenters. The minimum absolute atomic E-state index is 0.0527. The van der Waals surface area contributed by atoms with E-state index in [0.29, 0.717) is 28.0 Å². The van der Waals surface area contributed by atoms with Crippen LogP contribution in [-0.2, 0) is 20.7 Å². The fourth-order valence-corrected chi connectivity index (χ4v) is 7.84. The molecule has 9 rings (SSSR count). The van der Waals surface area contributed by atoms with Crippen LogP contribution in [0.3, 0.4) is 0 Å². The molecule has 11 nitrogen and oxygen atoms in total. The zero-order valence-electron chi connectivity index (χ0n) is 33.9. The molecule has 0 spiro atoms. The second kappa shape index (κ2) is 16.2. The van der Waals surface area contributed by atoms with Crippen LogP contribution in [0.1, 0.15) is 61.9 Å². The first-order valence-electron chi connectivity index (χ1n) is 19.6. The molecule has 1 fully saturated rings. The lowest BCUT2D eigenvalue weighted by Crippen LogP contribution is -2.17. The number of carboxylic acids is 2. The smallest absolute Gasteiger partial charge is 0.508 e. The Bertz CT molecular complexity index is 3030. The molecule has 3 heterocycles. The number of ether oxygens (including phenoxy) is 2. The van der Waals surface area contributed by atoms with Crippen LogP contribution in [0.4, 0.5) is 13.2 Å². The molecule has 0 amide bonds. The summed E-state index contributed by atoms with van der Waals surface area (Å²) in [6, 6.07) is 28.1. The van der Waals surface area contributed by atoms with E-state index in [1.807, 2.05) is 93.2 Å². The third-order valence-electron chi connectivity index (χ3n) is 11.0. The highest BCUT2D eigenvalue weighted by Gasteiger charge is 2.36. The molecule has 62 heavy (non-hydrogen) atoms. The molecule has 0 aliphatic heterocycles. The molecule has 14 heteroatoms. The van der Waals surface area contributed by atoms with E-state index in [2.05, 4.69) is 9.89 Å². The largest absolute Gasteiger partial charge is 0.573 e. The Morgan fingerprint density at radius 3 is 1.85 bits per heavy atom. The van der Waals surface area contributed by atoms with Crippen molar-refractivity contribution in [2.45, 2.75) is 45.6 Å². The van der Waals surface area contributed by atoms with E-state index in [-0.39, 0.29) is 40.8 Å². The number of aryl methyl sites for hydroxylation is 4. The van der Waals surface area contributed by atoms with Crippen LogP contribution in [0.25, 0.3) is 55.3 Å². The van der Waals surface area contributed by atoms with E-state index in [1.54, 1.807) is 35.2 Å². The number of hydrogen-bond acceptors (Lipinski definition) is 7. The van der Waals surface area contributed by atoms with Crippen molar-refractivity contribution in [1.29, 1.82) is 0 Å². The normalized spacial score (nSPS) is 12.6. The maximum Gasteiger partial charge on any atom is 0.573 e. The molecule has 1 aliphatic rings. The van der Waals surface area contributed by atoms with Gasteiger partial charge in [0.25, 0.3) is 0 Å². The summed E-state index contributed by atoms with van der Waals surface area (Å²) in [4.78, 5) is 22.8. The summed E-state index contributed by atoms with van der Waals surface area (Å²) in [5, 5.41) is 33.7. The lowest BCUT2D eigenvalue weighted by molar-refractivity contribution is -0.274. The zero-order chi connectivity index (χ0) is 44.0. The molecular formula is C48H40F3N3O8. The van der Waals surface area contributed by atoms with Crippen LogP contribution in [-0.4, -0.2) is 47.9 Å². The number of carboxylic acid groups (broad SMARTS) is 2. The fraction of sp³-hybridized carbons (Fsp3) is 0.188. The summed E-state index contributed by atoms with van der Waals surface area (Å²) in [6.07, 6.45) is 0.202. The SMILES string of the molecule is Cc1cc(O)ccc1-c1ccc2c(C(=O)O)cn(C)c2c1.Cc1cc(OCc2c(-c3ccccc3OC(F)(F)F)noc2C2CC2)ccc1-c1ccc2c(C(=O)O)cn(C)c2c1. The standard InChI is InChI=1S/C31H25F3N2O5.C17H15NO3/c1-17-13-20(10-12-21(17)19-9-11-22-24(30(37)38)15-36(2)26(22)14-19)39-16-25-28(35-41-29(25)18-7-8-18)23-5-3-4-6-27(23)40-31(32,33)34;1-10-7-12(19)4-6-13(10)11-3-5-14-15(17(20)21)9-18(2)16(14)8-11/h3-6,9-15,18H,7-8,16H2,1-2H3,(H,37,38);3-9,19H,1-2H3,(H,20,21). The van der Waals surface area contributed by atoms with Crippen molar-refractivity contribution >= 4 is 33.7 Å². The Morgan fingerprint density at radius 2 is 1.32 bits per heavy atom. The van der Waals surface area contributed by atoms with Crippen LogP contribution in [0.5, 0.6) is 17.2 Å². The maximum atomic E-state index is 13.1. The minimum Gasteiger partial charge on any atom is -0.508 e. The van der Waals surface area contributed by atoms with Crippen molar-refractivity contribution < 1.29 is 52.1 Å². The van der Waals surface area contributed by atoms with Gasteiger partial charge in [0, 0.05) is 59.8 Å². The van der Waals surface area contributed by atoms with Crippen molar-refractivity contribution in [2.75, 3.05) is 0 Å². The summed E-state index contributed by atoms with van der Waals surface area (Å²) in [5.41, 5.74) is 9.08. The van der Waals surface area contributed by atoms with Gasteiger partial charge in [-0.05, 0) is 109 Å². The van der Waals surface area contributed by atoms with E-state index < -0.39 is 18.3 Å². The van der Waals surface area contributed by atoms with E-state index in [0.717, 1.165) is 62.6 Å². The number of aromatic nitrogens is 3. The Balaban J connectivity index is 0.000000211. The van der Waals surface area contributed by atoms with Crippen LogP contribution in [0.2, 0.25) is 0 Å². The van der Waals surface area contributed by atoms with Crippen LogP contribution < -0.4 is 9.47 Å². The van der Waals surface area contributed by atoms with Gasteiger partial charge in [0.05, 0.1) is 16.7 Å². The van der Waals surface area contributed by atoms with Gasteiger partial charge in [-0.3, -0.25) is 0 Å². The number of phenolic OH excluding ortho intramolecular Hbond substituents is 1. The molecular weight excluding hydrogens is 804 g/mol. The van der Waals surface area contributed by atoms with Crippen molar-refractivity contribution in [3.8, 4) is 50.8 Å². The minimum atomic E-state index is -4.85. The maximum absolute atomic E-state index is 13.1. The average molecular weight is 844 g/mol. The number of phenols is 1. The lowest BCUT2D eigenvalue weighted by atomic mass is 9.99. The molecule has 0 bridgehead atoms. The number of alkyl halides is 3. The van der Waals surface area contributed by atoms with Crippen LogP contribution in [0.15, 0.2) is 114 Å². The summed E-state index contributed by atoms with van der Waals surface area (Å²) >= 11 is 0. The van der Waals surface area contributed by atoms with Gasteiger partial charge in [0.2, 0.25) is 0 Å². The third kappa shape index (κ3) is 8.31. The van der Waals surface area contributed by atoms with Gasteiger partial charge in [0.15, 0.2) is 0 Å². The Morgan fingerprint density at radius 1 is 0.758 bits per heavy atom. The van der Waals surface area contributed by atoms with E-state index in [9.17, 15) is 38.1 Å². The number of rotatable bonds is 10. The zero-order valence-corrected chi connectivity index (χ0v) is 33.9. The fourth-order valence-electron chi connectivity index (χ4n) is 7.84.